The van der Waals surface area contributed by atoms with Gasteiger partial charge in [0.05, 0.1) is 13.7 Å². The van der Waals surface area contributed by atoms with Crippen molar-refractivity contribution in [3.8, 4) is 17.1 Å². The van der Waals surface area contributed by atoms with Gasteiger partial charge in [0.1, 0.15) is 5.75 Å². The molecule has 0 saturated carbocycles. The van der Waals surface area contributed by atoms with Crippen molar-refractivity contribution in [1.29, 1.82) is 0 Å². The van der Waals surface area contributed by atoms with Gasteiger partial charge < -0.3 is 10.6 Å². The zero-order valence-electron chi connectivity index (χ0n) is 11.5. The van der Waals surface area contributed by atoms with Crippen LogP contribution in [0, 0.1) is 0 Å². The average molecular weight is 346 g/mol. The largest absolute Gasteiger partial charge is 0.497 e. The lowest BCUT2D eigenvalue weighted by Crippen LogP contribution is -2.30. The summed E-state index contributed by atoms with van der Waals surface area (Å²) in [7, 11) is -2.30. The molecule has 2 rings (SSSR count). The molecule has 0 aliphatic heterocycles. The van der Waals surface area contributed by atoms with E-state index in [0.29, 0.717) is 22.1 Å². The Labute approximate surface area is 129 Å². The van der Waals surface area contributed by atoms with Crippen LogP contribution in [0.2, 0.25) is 0 Å². The van der Waals surface area contributed by atoms with Gasteiger partial charge in [-0.25, -0.2) is 9.48 Å². The van der Waals surface area contributed by atoms with Gasteiger partial charge in [-0.05, 0) is 35.1 Å². The Morgan fingerprint density at radius 1 is 1.36 bits per heavy atom. The third-order valence-electron chi connectivity index (χ3n) is 2.75. The second-order valence-electron chi connectivity index (χ2n) is 4.18. The summed E-state index contributed by atoms with van der Waals surface area (Å²) in [5.41, 5.74) is 0.0309. The number of nitrogen functional groups attached to an aromatic ring is 1. The summed E-state index contributed by atoms with van der Waals surface area (Å²) in [6.07, 6.45) is 0. The van der Waals surface area contributed by atoms with Gasteiger partial charge in [0.15, 0.2) is 5.82 Å². The molecule has 120 valence electrons. The van der Waals surface area contributed by atoms with Crippen molar-refractivity contribution in [1.82, 2.24) is 14.5 Å². The van der Waals surface area contributed by atoms with Crippen LogP contribution in [0.25, 0.3) is 11.4 Å². The van der Waals surface area contributed by atoms with Crippen molar-refractivity contribution in [2.24, 2.45) is 0 Å². The van der Waals surface area contributed by atoms with Crippen LogP contribution in [-0.2, 0) is 15.7 Å². The zero-order chi connectivity index (χ0) is 16.3. The van der Waals surface area contributed by atoms with Crippen molar-refractivity contribution in [2.75, 3.05) is 18.7 Å². The van der Waals surface area contributed by atoms with E-state index in [4.69, 9.17) is 15.1 Å². The maximum Gasteiger partial charge on any atom is 0.364 e. The van der Waals surface area contributed by atoms with Gasteiger partial charge in [0, 0.05) is 11.3 Å². The van der Waals surface area contributed by atoms with Crippen LogP contribution in [0.3, 0.4) is 0 Å². The monoisotopic (exact) mass is 346 g/mol. The smallest absolute Gasteiger partial charge is 0.364 e. The standard InChI is InChI=1S/C11H14N4O5S2/c1-20-9-4-2-8(3-5-9)10-13-14(11(16)15(10)12)6-7-21-22(17,18)19/h2-5H,6-7,12H2,1H3,(H,17,18,19). The highest BCUT2D eigenvalue weighted by molar-refractivity contribution is 8.69. The van der Waals surface area contributed by atoms with Crippen LogP contribution >= 0.6 is 10.8 Å². The minimum Gasteiger partial charge on any atom is -0.497 e. The molecule has 0 radical (unpaired) electrons. The Balaban J connectivity index is 2.23. The first kappa shape index (κ1) is 16.4. The van der Waals surface area contributed by atoms with Gasteiger partial charge >= 0.3 is 14.8 Å². The van der Waals surface area contributed by atoms with E-state index in [1.54, 1.807) is 24.3 Å². The van der Waals surface area contributed by atoms with Crippen LogP contribution in [0.5, 0.6) is 5.75 Å². The van der Waals surface area contributed by atoms with Gasteiger partial charge in [-0.3, -0.25) is 4.55 Å². The molecule has 1 heterocycles. The molecule has 0 atom stereocenters. The second-order valence-corrected chi connectivity index (χ2v) is 7.65. The molecule has 3 N–H and O–H groups in total. The molecule has 0 bridgehead atoms. The van der Waals surface area contributed by atoms with Crippen LogP contribution in [0.4, 0.5) is 0 Å². The highest BCUT2D eigenvalue weighted by atomic mass is 33.1. The van der Waals surface area contributed by atoms with Crippen LogP contribution in [0.1, 0.15) is 0 Å². The lowest BCUT2D eigenvalue weighted by Gasteiger charge is -2.01. The SMILES string of the molecule is COc1ccc(-c2nn(CCSS(=O)(=O)O)c(=O)n2N)cc1. The van der Waals surface area contributed by atoms with Crippen molar-refractivity contribution in [2.45, 2.75) is 6.54 Å². The lowest BCUT2D eigenvalue weighted by atomic mass is 10.2. The number of hydrogen-bond acceptors (Lipinski definition) is 7. The Bertz CT molecular complexity index is 810. The van der Waals surface area contributed by atoms with E-state index in [2.05, 4.69) is 5.10 Å². The fourth-order valence-corrected chi connectivity index (χ4v) is 3.05. The number of aromatic nitrogens is 3. The molecular weight excluding hydrogens is 332 g/mol. The number of ether oxygens (including phenoxy) is 1. The summed E-state index contributed by atoms with van der Waals surface area (Å²) < 4.78 is 36.9. The van der Waals surface area contributed by atoms with Crippen LogP contribution < -0.4 is 16.3 Å². The highest BCUT2D eigenvalue weighted by Gasteiger charge is 2.14. The normalized spacial score (nSPS) is 11.5. The minimum absolute atomic E-state index is 0.00333. The molecule has 0 aliphatic carbocycles. The summed E-state index contributed by atoms with van der Waals surface area (Å²) in [6, 6.07) is 6.79. The summed E-state index contributed by atoms with van der Waals surface area (Å²) in [5.74, 6) is 6.54. The third-order valence-corrected chi connectivity index (χ3v) is 4.79. The Morgan fingerprint density at radius 3 is 2.55 bits per heavy atom. The molecule has 0 saturated heterocycles. The number of hydrogen-bond donors (Lipinski definition) is 2. The first-order valence-electron chi connectivity index (χ1n) is 6.03. The van der Waals surface area contributed by atoms with Gasteiger partial charge in [-0.2, -0.15) is 13.1 Å². The van der Waals surface area contributed by atoms with E-state index in [-0.39, 0.29) is 18.1 Å². The van der Waals surface area contributed by atoms with Gasteiger partial charge in [-0.15, -0.1) is 5.10 Å². The number of nitrogens with zero attached hydrogens (tertiary/aromatic N) is 3. The molecule has 11 heteroatoms. The van der Waals surface area contributed by atoms with Crippen LogP contribution in [-0.4, -0.2) is 40.3 Å². The fraction of sp³-hybridized carbons (Fsp3) is 0.273. The van der Waals surface area contributed by atoms with Crippen molar-refractivity contribution < 1.29 is 17.7 Å². The minimum atomic E-state index is -4.15. The number of benzene rings is 1. The van der Waals surface area contributed by atoms with E-state index >= 15 is 0 Å². The Kier molecular flexibility index (Phi) is 4.78. The van der Waals surface area contributed by atoms with Gasteiger partial charge in [0.25, 0.3) is 0 Å². The van der Waals surface area contributed by atoms with Crippen molar-refractivity contribution >= 4 is 19.9 Å². The third kappa shape index (κ3) is 3.81. The van der Waals surface area contributed by atoms with Crippen molar-refractivity contribution in [3.63, 3.8) is 0 Å². The summed E-state index contributed by atoms with van der Waals surface area (Å²) in [4.78, 5) is 11.9. The molecule has 0 amide bonds. The van der Waals surface area contributed by atoms with Gasteiger partial charge in [-0.1, -0.05) is 0 Å². The molecular formula is C11H14N4O5S2. The van der Waals surface area contributed by atoms with E-state index in [0.717, 1.165) is 9.36 Å². The molecule has 9 nitrogen and oxygen atoms in total. The average Bonchev–Trinajstić information content (AvgIpc) is 2.75. The first-order chi connectivity index (χ1) is 10.3. The zero-order valence-corrected chi connectivity index (χ0v) is 13.2. The maximum atomic E-state index is 11.9. The summed E-state index contributed by atoms with van der Waals surface area (Å²) in [5, 5.41) is 4.07. The number of aryl methyl sites for hydroxylation is 1. The Morgan fingerprint density at radius 2 is 2.00 bits per heavy atom. The molecule has 22 heavy (non-hydrogen) atoms. The quantitative estimate of drug-likeness (QED) is 0.424. The Hall–Kier alpha value is -1.98. The predicted octanol–water partition coefficient (Wildman–Crippen LogP) is -0.0298. The second kappa shape index (κ2) is 6.42. The molecule has 0 unspecified atom stereocenters. The number of rotatable bonds is 6. The van der Waals surface area contributed by atoms with E-state index in [1.807, 2.05) is 0 Å². The topological polar surface area (TPSA) is 129 Å². The predicted molar refractivity (Wildman–Crippen MR) is 82.6 cm³/mol. The molecule has 1 aromatic carbocycles. The van der Waals surface area contributed by atoms with Crippen LogP contribution in [0.15, 0.2) is 29.1 Å². The molecule has 0 aliphatic rings. The van der Waals surface area contributed by atoms with Gasteiger partial charge in [0.2, 0.25) is 0 Å². The first-order valence-corrected chi connectivity index (χ1v) is 8.97. The highest BCUT2D eigenvalue weighted by Crippen LogP contribution is 2.19. The van der Waals surface area contributed by atoms with E-state index < -0.39 is 14.8 Å². The summed E-state index contributed by atoms with van der Waals surface area (Å²) in [6.45, 7) is -0.00333. The van der Waals surface area contributed by atoms with E-state index in [9.17, 15) is 13.2 Å². The maximum absolute atomic E-state index is 11.9. The van der Waals surface area contributed by atoms with Crippen molar-refractivity contribution in [3.05, 3.63) is 34.7 Å². The number of methoxy groups -OCH3 is 1. The fourth-order valence-electron chi connectivity index (χ4n) is 1.73. The van der Waals surface area contributed by atoms with E-state index in [1.165, 1.54) is 7.11 Å². The molecule has 0 fully saturated rings. The molecule has 2 aromatic rings. The molecule has 1 aromatic heterocycles. The number of nitrogens with two attached hydrogens (primary N) is 1. The lowest BCUT2D eigenvalue weighted by molar-refractivity contribution is 0.415. The summed E-state index contributed by atoms with van der Waals surface area (Å²) >= 11 is 0. The molecule has 0 spiro atoms.